The van der Waals surface area contributed by atoms with Gasteiger partial charge in [-0.25, -0.2) is 8.78 Å². The summed E-state index contributed by atoms with van der Waals surface area (Å²) in [5, 5.41) is 8.29. The molecule has 0 radical (unpaired) electrons. The van der Waals surface area contributed by atoms with E-state index in [0.29, 0.717) is 0 Å². The van der Waals surface area contributed by atoms with E-state index in [-0.39, 0.29) is 6.61 Å². The molecule has 0 aliphatic carbocycles. The summed E-state index contributed by atoms with van der Waals surface area (Å²) < 4.78 is 27.8. The van der Waals surface area contributed by atoms with Crippen molar-refractivity contribution in [1.29, 1.82) is 5.26 Å². The highest BCUT2D eigenvalue weighted by atomic mass is 19.3. The Morgan fingerprint density at radius 3 is 2.58 bits per heavy atom. The third-order valence-electron chi connectivity index (χ3n) is 1.14. The van der Waals surface area contributed by atoms with Gasteiger partial charge in [0.2, 0.25) is 6.43 Å². The zero-order valence-corrected chi connectivity index (χ0v) is 6.59. The predicted octanol–water partition coefficient (Wildman–Crippen LogP) is 1.34. The molecule has 12 heavy (non-hydrogen) atoms. The molecule has 5 heteroatoms. The molecule has 0 heterocycles. The summed E-state index contributed by atoms with van der Waals surface area (Å²) in [5.74, 6) is -2.22. The van der Waals surface area contributed by atoms with Crippen molar-refractivity contribution in [3.8, 4) is 6.07 Å². The third kappa shape index (κ3) is 3.86. The van der Waals surface area contributed by atoms with E-state index in [1.807, 2.05) is 0 Å². The molecule has 0 saturated heterocycles. The quantitative estimate of drug-likeness (QED) is 0.609. The minimum atomic E-state index is -2.65. The maximum atomic E-state index is 11.7. The predicted molar refractivity (Wildman–Crippen MR) is 36.4 cm³/mol. The van der Waals surface area contributed by atoms with E-state index in [9.17, 15) is 13.6 Å². The number of nitriles is 1. The lowest BCUT2D eigenvalue weighted by atomic mass is 10.1. The Bertz CT molecular complexity index is 188. The number of esters is 1. The van der Waals surface area contributed by atoms with Crippen LogP contribution in [0.5, 0.6) is 0 Å². The fraction of sp³-hybridized carbons (Fsp3) is 0.714. The van der Waals surface area contributed by atoms with Crippen LogP contribution < -0.4 is 0 Å². The van der Waals surface area contributed by atoms with Crippen molar-refractivity contribution in [1.82, 2.24) is 0 Å². The molecular formula is C7H9F2NO2. The standard InChI is InChI=1S/C7H9F2NO2/c1-2-12-7(11)5(4-10)3-6(8)9/h5-6H,2-3H2,1H3. The zero-order valence-electron chi connectivity index (χ0n) is 6.59. The van der Waals surface area contributed by atoms with E-state index in [1.54, 1.807) is 6.92 Å². The normalized spacial score (nSPS) is 12.2. The van der Waals surface area contributed by atoms with E-state index in [1.165, 1.54) is 6.07 Å². The Kier molecular flexibility index (Phi) is 4.93. The Morgan fingerprint density at radius 1 is 1.67 bits per heavy atom. The van der Waals surface area contributed by atoms with Crippen molar-refractivity contribution >= 4 is 5.97 Å². The molecule has 68 valence electrons. The van der Waals surface area contributed by atoms with E-state index >= 15 is 0 Å². The van der Waals surface area contributed by atoms with Crippen LogP contribution in [-0.4, -0.2) is 19.0 Å². The van der Waals surface area contributed by atoms with E-state index < -0.39 is 24.7 Å². The van der Waals surface area contributed by atoms with Crippen LogP contribution in [0.3, 0.4) is 0 Å². The van der Waals surface area contributed by atoms with Crippen molar-refractivity contribution in [3.05, 3.63) is 0 Å². The van der Waals surface area contributed by atoms with E-state index in [2.05, 4.69) is 4.74 Å². The van der Waals surface area contributed by atoms with Crippen LogP contribution in [0, 0.1) is 17.2 Å². The average molecular weight is 177 g/mol. The first-order chi connectivity index (χ1) is 5.61. The Hall–Kier alpha value is -1.18. The van der Waals surface area contributed by atoms with Gasteiger partial charge in [-0.15, -0.1) is 0 Å². The minimum Gasteiger partial charge on any atom is -0.465 e. The lowest BCUT2D eigenvalue weighted by Crippen LogP contribution is -2.18. The number of hydrogen-bond donors (Lipinski definition) is 0. The molecule has 1 unspecified atom stereocenters. The van der Waals surface area contributed by atoms with Crippen molar-refractivity contribution in [3.63, 3.8) is 0 Å². The van der Waals surface area contributed by atoms with Crippen LogP contribution >= 0.6 is 0 Å². The summed E-state index contributed by atoms with van der Waals surface area (Å²) in [6.07, 6.45) is -3.41. The smallest absolute Gasteiger partial charge is 0.323 e. The monoisotopic (exact) mass is 177 g/mol. The van der Waals surface area contributed by atoms with Crippen LogP contribution in [0.15, 0.2) is 0 Å². The van der Waals surface area contributed by atoms with Gasteiger partial charge in [0.1, 0.15) is 5.92 Å². The number of halogens is 2. The number of rotatable bonds is 4. The van der Waals surface area contributed by atoms with Crippen LogP contribution in [0.2, 0.25) is 0 Å². The largest absolute Gasteiger partial charge is 0.465 e. The molecule has 0 aliphatic heterocycles. The Balaban J connectivity index is 3.99. The van der Waals surface area contributed by atoms with Gasteiger partial charge in [0.05, 0.1) is 12.7 Å². The molecule has 0 aromatic carbocycles. The number of carbonyl (C=O) groups is 1. The van der Waals surface area contributed by atoms with Crippen LogP contribution in [0.1, 0.15) is 13.3 Å². The second kappa shape index (κ2) is 5.47. The van der Waals surface area contributed by atoms with Crippen molar-refractivity contribution in [2.45, 2.75) is 19.8 Å². The number of ether oxygens (including phenoxy) is 1. The van der Waals surface area contributed by atoms with Gasteiger partial charge in [-0.2, -0.15) is 5.26 Å². The molecule has 1 atom stereocenters. The van der Waals surface area contributed by atoms with Crippen LogP contribution in [-0.2, 0) is 9.53 Å². The van der Waals surface area contributed by atoms with E-state index in [0.717, 1.165) is 0 Å². The number of nitrogens with zero attached hydrogens (tertiary/aromatic N) is 1. The fourth-order valence-corrected chi connectivity index (χ4v) is 0.623. The first kappa shape index (κ1) is 10.8. The summed E-state index contributed by atoms with van der Waals surface area (Å²) in [4.78, 5) is 10.7. The molecular weight excluding hydrogens is 168 g/mol. The lowest BCUT2D eigenvalue weighted by molar-refractivity contribution is -0.147. The van der Waals surface area contributed by atoms with Gasteiger partial charge < -0.3 is 4.74 Å². The maximum absolute atomic E-state index is 11.7. The van der Waals surface area contributed by atoms with Gasteiger partial charge in [-0.1, -0.05) is 0 Å². The summed E-state index contributed by atoms with van der Waals surface area (Å²) in [5.41, 5.74) is 0. The van der Waals surface area contributed by atoms with Crippen molar-refractivity contribution in [2.75, 3.05) is 6.61 Å². The molecule has 0 rings (SSSR count). The molecule has 0 aromatic rings. The summed E-state index contributed by atoms with van der Waals surface area (Å²) in [6, 6.07) is 1.46. The van der Waals surface area contributed by atoms with Crippen LogP contribution in [0.4, 0.5) is 8.78 Å². The molecule has 0 saturated carbocycles. The second-order valence-electron chi connectivity index (χ2n) is 2.06. The first-order valence-corrected chi connectivity index (χ1v) is 3.46. The molecule has 3 nitrogen and oxygen atoms in total. The average Bonchev–Trinajstić information content (AvgIpc) is 2.00. The Labute approximate surface area is 68.9 Å². The summed E-state index contributed by atoms with van der Waals surface area (Å²) >= 11 is 0. The number of hydrogen-bond acceptors (Lipinski definition) is 3. The van der Waals surface area contributed by atoms with Gasteiger partial charge in [-0.05, 0) is 6.92 Å². The maximum Gasteiger partial charge on any atom is 0.323 e. The highest BCUT2D eigenvalue weighted by Crippen LogP contribution is 2.11. The molecule has 0 amide bonds. The minimum absolute atomic E-state index is 0.0975. The van der Waals surface area contributed by atoms with Gasteiger partial charge in [0.15, 0.2) is 0 Å². The zero-order chi connectivity index (χ0) is 9.56. The third-order valence-corrected chi connectivity index (χ3v) is 1.14. The van der Waals surface area contributed by atoms with Crippen LogP contribution in [0.25, 0.3) is 0 Å². The van der Waals surface area contributed by atoms with E-state index in [4.69, 9.17) is 5.26 Å². The van der Waals surface area contributed by atoms with Crippen molar-refractivity contribution in [2.24, 2.45) is 5.92 Å². The first-order valence-electron chi connectivity index (χ1n) is 3.46. The molecule has 0 fully saturated rings. The SMILES string of the molecule is CCOC(=O)C(C#N)CC(F)F. The molecule has 0 bridgehead atoms. The number of alkyl halides is 2. The lowest BCUT2D eigenvalue weighted by Gasteiger charge is -2.06. The fourth-order valence-electron chi connectivity index (χ4n) is 0.623. The highest BCUT2D eigenvalue weighted by Gasteiger charge is 2.23. The number of carbonyl (C=O) groups excluding carboxylic acids is 1. The second-order valence-corrected chi connectivity index (χ2v) is 2.06. The van der Waals surface area contributed by atoms with Gasteiger partial charge in [-0.3, -0.25) is 4.79 Å². The summed E-state index contributed by atoms with van der Waals surface area (Å²) in [6.45, 7) is 1.65. The molecule has 0 spiro atoms. The summed E-state index contributed by atoms with van der Waals surface area (Å²) in [7, 11) is 0. The van der Waals surface area contributed by atoms with Gasteiger partial charge >= 0.3 is 5.97 Å². The van der Waals surface area contributed by atoms with Crippen molar-refractivity contribution < 1.29 is 18.3 Å². The molecule has 0 aliphatic rings. The Morgan fingerprint density at radius 2 is 2.25 bits per heavy atom. The molecule has 0 aromatic heterocycles. The highest BCUT2D eigenvalue weighted by molar-refractivity contribution is 5.75. The van der Waals surface area contributed by atoms with Gasteiger partial charge in [0, 0.05) is 6.42 Å². The topological polar surface area (TPSA) is 50.1 Å². The van der Waals surface area contributed by atoms with Gasteiger partial charge in [0.25, 0.3) is 0 Å². The molecule has 0 N–H and O–H groups in total.